The van der Waals surface area contributed by atoms with Crippen LogP contribution >= 0.6 is 15.9 Å². The second kappa shape index (κ2) is 5.41. The lowest BCUT2D eigenvalue weighted by Gasteiger charge is -2.10. The summed E-state index contributed by atoms with van der Waals surface area (Å²) in [7, 11) is 0. The Labute approximate surface area is 126 Å². The maximum absolute atomic E-state index is 13.2. The molecule has 0 radical (unpaired) electrons. The summed E-state index contributed by atoms with van der Waals surface area (Å²) in [5, 5.41) is 1.25. The van der Waals surface area contributed by atoms with Crippen LogP contribution in [0.2, 0.25) is 0 Å². The van der Waals surface area contributed by atoms with Crippen LogP contribution in [-0.4, -0.2) is 4.57 Å². The summed E-state index contributed by atoms with van der Waals surface area (Å²) in [4.78, 5) is 0. The second-order valence-corrected chi connectivity index (χ2v) is 5.74. The summed E-state index contributed by atoms with van der Waals surface area (Å²) in [6, 6.07) is 13.4. The molecule has 0 saturated carbocycles. The zero-order valence-electron chi connectivity index (χ0n) is 11.2. The van der Waals surface area contributed by atoms with Crippen LogP contribution in [0.15, 0.2) is 53.1 Å². The van der Waals surface area contributed by atoms with Crippen LogP contribution in [0, 0.1) is 5.82 Å². The minimum Gasteiger partial charge on any atom is -0.343 e. The molecular formula is C17H15BrFN. The van der Waals surface area contributed by atoms with Gasteiger partial charge in [0.05, 0.1) is 5.52 Å². The number of para-hydroxylation sites is 1. The topological polar surface area (TPSA) is 4.93 Å². The van der Waals surface area contributed by atoms with Gasteiger partial charge in [-0.05, 0) is 41.1 Å². The first kappa shape index (κ1) is 13.4. The second-order valence-electron chi connectivity index (χ2n) is 4.89. The van der Waals surface area contributed by atoms with Gasteiger partial charge in [-0.1, -0.05) is 47.1 Å². The summed E-state index contributed by atoms with van der Waals surface area (Å²) >= 11 is 3.44. The van der Waals surface area contributed by atoms with Crippen molar-refractivity contribution in [3.05, 3.63) is 70.1 Å². The van der Waals surface area contributed by atoms with Gasteiger partial charge in [-0.2, -0.15) is 0 Å². The molecule has 3 aromatic rings. The van der Waals surface area contributed by atoms with Crippen molar-refractivity contribution in [2.45, 2.75) is 19.9 Å². The predicted molar refractivity (Wildman–Crippen MR) is 84.5 cm³/mol. The maximum Gasteiger partial charge on any atom is 0.124 e. The van der Waals surface area contributed by atoms with Crippen LogP contribution in [-0.2, 0) is 13.0 Å². The van der Waals surface area contributed by atoms with E-state index in [1.807, 2.05) is 6.07 Å². The first-order chi connectivity index (χ1) is 9.69. The van der Waals surface area contributed by atoms with Gasteiger partial charge in [0.1, 0.15) is 5.82 Å². The third-order valence-corrected chi connectivity index (χ3v) is 4.35. The Morgan fingerprint density at radius 1 is 1.10 bits per heavy atom. The molecule has 0 saturated heterocycles. The van der Waals surface area contributed by atoms with Crippen molar-refractivity contribution in [3.8, 4) is 0 Å². The van der Waals surface area contributed by atoms with E-state index in [9.17, 15) is 4.39 Å². The van der Waals surface area contributed by atoms with Gasteiger partial charge < -0.3 is 4.57 Å². The molecule has 1 nitrogen and oxygen atoms in total. The van der Waals surface area contributed by atoms with E-state index in [0.717, 1.165) is 23.0 Å². The summed E-state index contributed by atoms with van der Waals surface area (Å²) in [6.07, 6.45) is 3.10. The number of nitrogens with zero attached hydrogens (tertiary/aromatic N) is 1. The van der Waals surface area contributed by atoms with E-state index in [-0.39, 0.29) is 5.82 Å². The van der Waals surface area contributed by atoms with Gasteiger partial charge in [0, 0.05) is 17.2 Å². The highest BCUT2D eigenvalue weighted by Gasteiger charge is 2.08. The van der Waals surface area contributed by atoms with E-state index in [1.54, 1.807) is 0 Å². The van der Waals surface area contributed by atoms with E-state index in [2.05, 4.69) is 57.9 Å². The smallest absolute Gasteiger partial charge is 0.124 e. The molecule has 3 rings (SSSR count). The molecule has 1 heterocycles. The Morgan fingerprint density at radius 3 is 2.70 bits per heavy atom. The number of aromatic nitrogens is 1. The molecular weight excluding hydrogens is 317 g/mol. The highest BCUT2D eigenvalue weighted by molar-refractivity contribution is 9.10. The lowest BCUT2D eigenvalue weighted by molar-refractivity contribution is 0.625. The molecule has 0 aliphatic carbocycles. The number of hydrogen-bond acceptors (Lipinski definition) is 0. The van der Waals surface area contributed by atoms with Gasteiger partial charge in [-0.25, -0.2) is 4.39 Å². The van der Waals surface area contributed by atoms with Crippen molar-refractivity contribution in [3.63, 3.8) is 0 Å². The molecule has 2 aromatic carbocycles. The fraction of sp³-hybridized carbons (Fsp3) is 0.176. The summed E-state index contributed by atoms with van der Waals surface area (Å²) in [6.45, 7) is 2.90. The fourth-order valence-corrected chi connectivity index (χ4v) is 3.07. The predicted octanol–water partition coefficient (Wildman–Crippen LogP) is 5.15. The van der Waals surface area contributed by atoms with Crippen molar-refractivity contribution >= 4 is 26.8 Å². The number of hydrogen-bond donors (Lipinski definition) is 0. The lowest BCUT2D eigenvalue weighted by atomic mass is 10.1. The van der Waals surface area contributed by atoms with E-state index >= 15 is 0 Å². The molecule has 1 aromatic heterocycles. The van der Waals surface area contributed by atoms with E-state index in [1.165, 1.54) is 28.6 Å². The maximum atomic E-state index is 13.2. The number of halogens is 2. The molecule has 102 valence electrons. The molecule has 0 unspecified atom stereocenters. The highest BCUT2D eigenvalue weighted by atomic mass is 79.9. The third-order valence-electron chi connectivity index (χ3n) is 3.61. The Bertz CT molecular complexity index is 761. The zero-order chi connectivity index (χ0) is 14.1. The molecule has 3 heteroatoms. The standard InChI is InChI=1S/C17H15BrFN/c1-2-12-4-3-5-13-8-9-20(17(12)13)11-14-6-7-15(19)10-16(14)18/h3-10H,2,11H2,1H3. The lowest BCUT2D eigenvalue weighted by Crippen LogP contribution is -2.01. The number of benzene rings is 2. The molecule has 0 aliphatic heterocycles. The largest absolute Gasteiger partial charge is 0.343 e. The van der Waals surface area contributed by atoms with Crippen molar-refractivity contribution in [1.29, 1.82) is 0 Å². The summed E-state index contributed by atoms with van der Waals surface area (Å²) in [5.74, 6) is -0.216. The Morgan fingerprint density at radius 2 is 1.95 bits per heavy atom. The first-order valence-corrected chi connectivity index (χ1v) is 7.49. The van der Waals surface area contributed by atoms with Crippen LogP contribution in [0.3, 0.4) is 0 Å². The third kappa shape index (κ3) is 2.38. The summed E-state index contributed by atoms with van der Waals surface area (Å²) < 4.78 is 16.2. The van der Waals surface area contributed by atoms with Gasteiger partial charge in [0.15, 0.2) is 0 Å². The average Bonchev–Trinajstić information content (AvgIpc) is 2.85. The van der Waals surface area contributed by atoms with Crippen molar-refractivity contribution in [2.75, 3.05) is 0 Å². The number of fused-ring (bicyclic) bond motifs is 1. The molecule has 0 fully saturated rings. The quantitative estimate of drug-likeness (QED) is 0.625. The first-order valence-electron chi connectivity index (χ1n) is 6.69. The average molecular weight is 332 g/mol. The van der Waals surface area contributed by atoms with Crippen LogP contribution in [0.25, 0.3) is 10.9 Å². The van der Waals surface area contributed by atoms with Gasteiger partial charge in [0.25, 0.3) is 0 Å². The minimum absolute atomic E-state index is 0.216. The van der Waals surface area contributed by atoms with E-state index in [4.69, 9.17) is 0 Å². The van der Waals surface area contributed by atoms with E-state index < -0.39 is 0 Å². The molecule has 0 atom stereocenters. The van der Waals surface area contributed by atoms with Gasteiger partial charge >= 0.3 is 0 Å². The van der Waals surface area contributed by atoms with Crippen molar-refractivity contribution in [1.82, 2.24) is 4.57 Å². The Kier molecular flexibility index (Phi) is 3.62. The van der Waals surface area contributed by atoms with E-state index in [0.29, 0.717) is 0 Å². The SMILES string of the molecule is CCc1cccc2ccn(Cc3ccc(F)cc3Br)c12. The number of aryl methyl sites for hydroxylation is 1. The Balaban J connectivity index is 2.06. The zero-order valence-corrected chi connectivity index (χ0v) is 12.8. The summed E-state index contributed by atoms with van der Waals surface area (Å²) in [5.41, 5.74) is 3.69. The number of rotatable bonds is 3. The molecule has 0 amide bonds. The van der Waals surface area contributed by atoms with Gasteiger partial charge in [-0.15, -0.1) is 0 Å². The molecule has 0 N–H and O–H groups in total. The van der Waals surface area contributed by atoms with Crippen molar-refractivity contribution < 1.29 is 4.39 Å². The van der Waals surface area contributed by atoms with Crippen LogP contribution in [0.4, 0.5) is 4.39 Å². The molecule has 20 heavy (non-hydrogen) atoms. The Hall–Kier alpha value is -1.61. The fourth-order valence-electron chi connectivity index (χ4n) is 2.59. The monoisotopic (exact) mass is 331 g/mol. The molecule has 0 bridgehead atoms. The molecule has 0 aliphatic rings. The van der Waals surface area contributed by atoms with Gasteiger partial charge in [-0.3, -0.25) is 0 Å². The van der Waals surface area contributed by atoms with Crippen LogP contribution < -0.4 is 0 Å². The highest BCUT2D eigenvalue weighted by Crippen LogP contribution is 2.24. The van der Waals surface area contributed by atoms with Gasteiger partial charge in [0.2, 0.25) is 0 Å². The van der Waals surface area contributed by atoms with Crippen LogP contribution in [0.1, 0.15) is 18.1 Å². The molecule has 0 spiro atoms. The normalized spacial score (nSPS) is 11.2. The van der Waals surface area contributed by atoms with Crippen molar-refractivity contribution in [2.24, 2.45) is 0 Å². The van der Waals surface area contributed by atoms with Crippen LogP contribution in [0.5, 0.6) is 0 Å². The minimum atomic E-state index is -0.216.